The van der Waals surface area contributed by atoms with Crippen molar-refractivity contribution in [2.24, 2.45) is 0 Å². The molecule has 33 heavy (non-hydrogen) atoms. The first-order valence-corrected chi connectivity index (χ1v) is 11.7. The summed E-state index contributed by atoms with van der Waals surface area (Å²) in [6.07, 6.45) is 1.63. The number of aromatic nitrogens is 3. The summed E-state index contributed by atoms with van der Waals surface area (Å²) < 4.78 is 16.3. The van der Waals surface area contributed by atoms with Crippen molar-refractivity contribution in [1.29, 1.82) is 5.26 Å². The molecule has 0 aliphatic carbocycles. The second-order valence-electron chi connectivity index (χ2n) is 7.52. The van der Waals surface area contributed by atoms with Gasteiger partial charge in [0.2, 0.25) is 0 Å². The maximum atomic E-state index is 13.6. The lowest BCUT2D eigenvalue weighted by molar-refractivity contribution is 0.0728. The molecule has 0 saturated heterocycles. The van der Waals surface area contributed by atoms with Gasteiger partial charge in [0.15, 0.2) is 5.82 Å². The number of carbonyl (C=O) groups excluding carboxylic acids is 1. The van der Waals surface area contributed by atoms with Gasteiger partial charge >= 0.3 is 0 Å². The molecule has 0 aliphatic rings. The van der Waals surface area contributed by atoms with Crippen LogP contribution >= 0.6 is 27.3 Å². The average molecular weight is 524 g/mol. The Morgan fingerprint density at radius 1 is 1.18 bits per heavy atom. The van der Waals surface area contributed by atoms with Crippen LogP contribution in [0.2, 0.25) is 0 Å². The minimum absolute atomic E-state index is 0.137. The third-order valence-electron chi connectivity index (χ3n) is 5.20. The van der Waals surface area contributed by atoms with E-state index in [2.05, 4.69) is 32.2 Å². The van der Waals surface area contributed by atoms with E-state index in [1.165, 1.54) is 23.5 Å². The lowest BCUT2D eigenvalue weighted by Gasteiger charge is -2.23. The Labute approximate surface area is 203 Å². The molecule has 9 heteroatoms. The Morgan fingerprint density at radius 3 is 2.64 bits per heavy atom. The predicted octanol–water partition coefficient (Wildman–Crippen LogP) is 5.31. The summed E-state index contributed by atoms with van der Waals surface area (Å²) in [4.78, 5) is 15.6. The maximum Gasteiger partial charge on any atom is 0.264 e. The largest absolute Gasteiger partial charge is 0.326 e. The number of hydrogen-bond donors (Lipinski definition) is 0. The minimum Gasteiger partial charge on any atom is -0.326 e. The summed E-state index contributed by atoms with van der Waals surface area (Å²) in [5, 5.41) is 17.3. The van der Waals surface area contributed by atoms with E-state index in [4.69, 9.17) is 5.26 Å². The normalized spacial score (nSPS) is 10.7. The molecule has 0 N–H and O–H groups in total. The Bertz CT molecular complexity index is 1330. The number of hydrogen-bond acceptors (Lipinski definition) is 5. The highest BCUT2D eigenvalue weighted by atomic mass is 79.9. The molecule has 2 aromatic heterocycles. The zero-order chi connectivity index (χ0) is 23.4. The molecule has 0 radical (unpaired) electrons. The van der Waals surface area contributed by atoms with Gasteiger partial charge in [-0.05, 0) is 75.9 Å². The Morgan fingerprint density at radius 2 is 1.97 bits per heavy atom. The third-order valence-corrected chi connectivity index (χ3v) is 6.81. The second kappa shape index (κ2) is 10.1. The van der Waals surface area contributed by atoms with Crippen LogP contribution in [0.5, 0.6) is 0 Å². The SMILES string of the molecule is Cc1cc(F)ccc1CN(Cc1nncn1Cc1ccc(C#N)cc1)C(=O)c1ccc(Br)s1. The van der Waals surface area contributed by atoms with Crippen LogP contribution in [0.15, 0.2) is 64.7 Å². The molecule has 4 rings (SSSR count). The van der Waals surface area contributed by atoms with Gasteiger partial charge in [0.1, 0.15) is 12.1 Å². The Hall–Kier alpha value is -3.35. The summed E-state index contributed by atoms with van der Waals surface area (Å²) in [5.41, 5.74) is 3.22. The fraction of sp³-hybridized carbons (Fsp3) is 0.167. The predicted molar refractivity (Wildman–Crippen MR) is 127 cm³/mol. The minimum atomic E-state index is -0.307. The fourth-order valence-corrected chi connectivity index (χ4v) is 4.77. The molecule has 0 saturated carbocycles. The summed E-state index contributed by atoms with van der Waals surface area (Å²) >= 11 is 4.78. The van der Waals surface area contributed by atoms with Crippen molar-refractivity contribution in [1.82, 2.24) is 19.7 Å². The molecule has 0 atom stereocenters. The molecule has 0 aliphatic heterocycles. The van der Waals surface area contributed by atoms with Gasteiger partial charge in [0.05, 0.1) is 33.4 Å². The number of benzene rings is 2. The zero-order valence-electron chi connectivity index (χ0n) is 17.7. The number of thiophene rings is 1. The van der Waals surface area contributed by atoms with Crippen LogP contribution in [0, 0.1) is 24.1 Å². The molecule has 0 unspecified atom stereocenters. The van der Waals surface area contributed by atoms with E-state index in [9.17, 15) is 9.18 Å². The number of nitriles is 1. The van der Waals surface area contributed by atoms with Crippen molar-refractivity contribution in [3.05, 3.63) is 103 Å². The van der Waals surface area contributed by atoms with Crippen LogP contribution in [0.4, 0.5) is 4.39 Å². The topological polar surface area (TPSA) is 74.8 Å². The summed E-state index contributed by atoms with van der Waals surface area (Å²) in [5.74, 6) is 0.184. The molecule has 6 nitrogen and oxygen atoms in total. The Balaban J connectivity index is 1.60. The van der Waals surface area contributed by atoms with E-state index in [-0.39, 0.29) is 18.3 Å². The standard InChI is InChI=1S/C24H19BrFN5OS/c1-16-10-20(26)7-6-19(16)13-30(24(32)21-8-9-22(25)33-21)14-23-29-28-15-31(23)12-18-4-2-17(11-27)3-5-18/h2-10,15H,12-14H2,1H3. The average Bonchev–Trinajstić information content (AvgIpc) is 3.43. The highest BCUT2D eigenvalue weighted by molar-refractivity contribution is 9.11. The van der Waals surface area contributed by atoms with Gasteiger partial charge in [0, 0.05) is 6.54 Å². The van der Waals surface area contributed by atoms with Crippen molar-refractivity contribution in [3.8, 4) is 6.07 Å². The highest BCUT2D eigenvalue weighted by Crippen LogP contribution is 2.25. The molecule has 2 aromatic carbocycles. The van der Waals surface area contributed by atoms with Crippen molar-refractivity contribution in [2.45, 2.75) is 26.6 Å². The monoisotopic (exact) mass is 523 g/mol. The van der Waals surface area contributed by atoms with Crippen LogP contribution < -0.4 is 0 Å². The zero-order valence-corrected chi connectivity index (χ0v) is 20.1. The number of amides is 1. The van der Waals surface area contributed by atoms with E-state index >= 15 is 0 Å². The fourth-order valence-electron chi connectivity index (χ4n) is 3.41. The van der Waals surface area contributed by atoms with E-state index in [0.717, 1.165) is 20.5 Å². The van der Waals surface area contributed by atoms with Crippen molar-refractivity contribution >= 4 is 33.2 Å². The molecule has 0 bridgehead atoms. The lowest BCUT2D eigenvalue weighted by Crippen LogP contribution is -2.31. The quantitative estimate of drug-likeness (QED) is 0.328. The van der Waals surface area contributed by atoms with Crippen molar-refractivity contribution < 1.29 is 9.18 Å². The first kappa shape index (κ1) is 22.8. The van der Waals surface area contributed by atoms with Gasteiger partial charge in [-0.2, -0.15) is 5.26 Å². The smallest absolute Gasteiger partial charge is 0.264 e. The van der Waals surface area contributed by atoms with E-state index in [1.807, 2.05) is 29.7 Å². The van der Waals surface area contributed by atoms with E-state index in [1.54, 1.807) is 35.5 Å². The van der Waals surface area contributed by atoms with Gasteiger partial charge in [-0.25, -0.2) is 4.39 Å². The van der Waals surface area contributed by atoms with Gasteiger partial charge in [-0.1, -0.05) is 18.2 Å². The maximum absolute atomic E-state index is 13.6. The van der Waals surface area contributed by atoms with Crippen molar-refractivity contribution in [2.75, 3.05) is 0 Å². The number of aryl methyl sites for hydroxylation is 1. The molecular weight excluding hydrogens is 505 g/mol. The van der Waals surface area contributed by atoms with Crippen LogP contribution in [-0.2, 0) is 19.6 Å². The molecule has 0 fully saturated rings. The molecule has 166 valence electrons. The molecular formula is C24H19BrFN5OS. The number of carbonyl (C=O) groups is 1. The highest BCUT2D eigenvalue weighted by Gasteiger charge is 2.21. The number of halogens is 2. The van der Waals surface area contributed by atoms with Gasteiger partial charge in [-0.15, -0.1) is 21.5 Å². The Kier molecular flexibility index (Phi) is 6.96. The van der Waals surface area contributed by atoms with Crippen LogP contribution in [0.25, 0.3) is 0 Å². The number of rotatable bonds is 7. The first-order chi connectivity index (χ1) is 15.9. The number of nitrogens with zero attached hydrogens (tertiary/aromatic N) is 5. The lowest BCUT2D eigenvalue weighted by atomic mass is 10.1. The van der Waals surface area contributed by atoms with Crippen LogP contribution in [-0.4, -0.2) is 25.6 Å². The van der Waals surface area contributed by atoms with Crippen LogP contribution in [0.3, 0.4) is 0 Å². The van der Waals surface area contributed by atoms with Crippen molar-refractivity contribution in [3.63, 3.8) is 0 Å². The third kappa shape index (κ3) is 5.53. The van der Waals surface area contributed by atoms with E-state index < -0.39 is 0 Å². The summed E-state index contributed by atoms with van der Waals surface area (Å²) in [6, 6.07) is 17.6. The molecule has 0 spiro atoms. The molecule has 1 amide bonds. The van der Waals surface area contributed by atoms with Crippen LogP contribution in [0.1, 0.15) is 37.7 Å². The summed E-state index contributed by atoms with van der Waals surface area (Å²) in [6.45, 7) is 2.89. The van der Waals surface area contributed by atoms with Gasteiger partial charge in [0.25, 0.3) is 5.91 Å². The summed E-state index contributed by atoms with van der Waals surface area (Å²) in [7, 11) is 0. The van der Waals surface area contributed by atoms with Gasteiger partial charge < -0.3 is 9.47 Å². The van der Waals surface area contributed by atoms with Gasteiger partial charge in [-0.3, -0.25) is 4.79 Å². The molecule has 2 heterocycles. The second-order valence-corrected chi connectivity index (χ2v) is 9.98. The van der Waals surface area contributed by atoms with E-state index in [0.29, 0.717) is 29.4 Å². The first-order valence-electron chi connectivity index (χ1n) is 10.1. The molecule has 4 aromatic rings.